The van der Waals surface area contributed by atoms with Crippen molar-refractivity contribution in [1.82, 2.24) is 4.90 Å². The third-order valence-electron chi connectivity index (χ3n) is 4.91. The number of piperidine rings is 1. The molecule has 0 N–H and O–H groups in total. The van der Waals surface area contributed by atoms with E-state index in [-0.39, 0.29) is 25.2 Å². The second kappa shape index (κ2) is 10.5. The molecule has 154 valence electrons. The minimum Gasteiger partial charge on any atom is -0.490 e. The van der Waals surface area contributed by atoms with Gasteiger partial charge in [0.05, 0.1) is 0 Å². The van der Waals surface area contributed by atoms with E-state index in [4.69, 9.17) is 14.2 Å². The van der Waals surface area contributed by atoms with Gasteiger partial charge in [0.15, 0.2) is 6.61 Å². The Balaban J connectivity index is 1.49. The summed E-state index contributed by atoms with van der Waals surface area (Å²) < 4.78 is 16.6. The second-order valence-electron chi connectivity index (χ2n) is 7.01. The summed E-state index contributed by atoms with van der Waals surface area (Å²) in [5.74, 6) is 0.449. The van der Waals surface area contributed by atoms with Crippen molar-refractivity contribution in [3.05, 3.63) is 60.2 Å². The number of ether oxygens (including phenoxy) is 3. The summed E-state index contributed by atoms with van der Waals surface area (Å²) in [6, 6.07) is 16.5. The largest absolute Gasteiger partial charge is 0.490 e. The standard InChI is InChI=1S/C23H27NO5/c1-18-9-7-8-14-24(18)22(25)17-29-23(26)20-12-5-6-13-21(20)28-16-15-27-19-10-3-2-4-11-19/h2-6,10-13,18H,7-9,14-17H2,1H3. The van der Waals surface area contributed by atoms with E-state index in [1.165, 1.54) is 0 Å². The van der Waals surface area contributed by atoms with Crippen molar-refractivity contribution in [3.63, 3.8) is 0 Å². The van der Waals surface area contributed by atoms with Crippen molar-refractivity contribution in [2.24, 2.45) is 0 Å². The van der Waals surface area contributed by atoms with Crippen LogP contribution >= 0.6 is 0 Å². The van der Waals surface area contributed by atoms with Crippen molar-refractivity contribution < 1.29 is 23.8 Å². The van der Waals surface area contributed by atoms with Crippen LogP contribution in [0.5, 0.6) is 11.5 Å². The first kappa shape index (κ1) is 20.7. The van der Waals surface area contributed by atoms with Crippen LogP contribution in [0.15, 0.2) is 54.6 Å². The van der Waals surface area contributed by atoms with E-state index in [2.05, 4.69) is 0 Å². The molecule has 0 aliphatic carbocycles. The van der Waals surface area contributed by atoms with Gasteiger partial charge in [0.25, 0.3) is 5.91 Å². The van der Waals surface area contributed by atoms with E-state index < -0.39 is 5.97 Å². The van der Waals surface area contributed by atoms with E-state index in [1.54, 1.807) is 29.2 Å². The van der Waals surface area contributed by atoms with Gasteiger partial charge in [0.1, 0.15) is 30.3 Å². The lowest BCUT2D eigenvalue weighted by Crippen LogP contribution is -2.44. The highest BCUT2D eigenvalue weighted by Gasteiger charge is 2.24. The van der Waals surface area contributed by atoms with E-state index in [1.807, 2.05) is 37.3 Å². The number of carbonyl (C=O) groups is 2. The summed E-state index contributed by atoms with van der Waals surface area (Å²) in [7, 11) is 0. The molecule has 0 radical (unpaired) electrons. The molecule has 0 saturated carbocycles. The predicted octanol–water partition coefficient (Wildman–Crippen LogP) is 3.70. The quantitative estimate of drug-likeness (QED) is 0.502. The van der Waals surface area contributed by atoms with Crippen LogP contribution in [-0.4, -0.2) is 49.2 Å². The highest BCUT2D eigenvalue weighted by atomic mass is 16.5. The zero-order chi connectivity index (χ0) is 20.5. The number of nitrogens with zero attached hydrogens (tertiary/aromatic N) is 1. The van der Waals surface area contributed by atoms with Crippen molar-refractivity contribution in [2.45, 2.75) is 32.2 Å². The Bertz CT molecular complexity index is 808. The van der Waals surface area contributed by atoms with Crippen molar-refractivity contribution in [1.29, 1.82) is 0 Å². The van der Waals surface area contributed by atoms with Gasteiger partial charge < -0.3 is 19.1 Å². The van der Waals surface area contributed by atoms with E-state index >= 15 is 0 Å². The number of amides is 1. The van der Waals surface area contributed by atoms with Crippen LogP contribution in [0.4, 0.5) is 0 Å². The zero-order valence-electron chi connectivity index (χ0n) is 16.7. The first-order chi connectivity index (χ1) is 14.1. The van der Waals surface area contributed by atoms with Crippen LogP contribution in [0.3, 0.4) is 0 Å². The van der Waals surface area contributed by atoms with Crippen molar-refractivity contribution in [2.75, 3.05) is 26.4 Å². The van der Waals surface area contributed by atoms with Crippen LogP contribution in [0.25, 0.3) is 0 Å². The molecule has 1 atom stereocenters. The van der Waals surface area contributed by atoms with Gasteiger partial charge in [-0.15, -0.1) is 0 Å². The number of esters is 1. The molecule has 1 unspecified atom stereocenters. The fraction of sp³-hybridized carbons (Fsp3) is 0.391. The Morgan fingerprint density at radius 2 is 1.69 bits per heavy atom. The van der Waals surface area contributed by atoms with Crippen LogP contribution < -0.4 is 9.47 Å². The van der Waals surface area contributed by atoms with E-state index in [0.717, 1.165) is 31.6 Å². The Morgan fingerprint density at radius 3 is 2.48 bits per heavy atom. The molecule has 1 amide bonds. The van der Waals surface area contributed by atoms with Gasteiger partial charge in [-0.3, -0.25) is 4.79 Å². The fourth-order valence-electron chi connectivity index (χ4n) is 3.35. The summed E-state index contributed by atoms with van der Waals surface area (Å²) in [5.41, 5.74) is 0.298. The number of benzene rings is 2. The molecule has 1 fully saturated rings. The number of hydrogen-bond acceptors (Lipinski definition) is 5. The van der Waals surface area contributed by atoms with Gasteiger partial charge in [-0.1, -0.05) is 30.3 Å². The smallest absolute Gasteiger partial charge is 0.342 e. The lowest BCUT2D eigenvalue weighted by atomic mass is 10.0. The summed E-state index contributed by atoms with van der Waals surface area (Å²) in [6.45, 7) is 3.12. The molecule has 1 aliphatic heterocycles. The number of rotatable bonds is 8. The Labute approximate surface area is 171 Å². The summed E-state index contributed by atoms with van der Waals surface area (Å²) in [6.07, 6.45) is 3.11. The van der Waals surface area contributed by atoms with Crippen LogP contribution in [0, 0.1) is 0 Å². The van der Waals surface area contributed by atoms with Gasteiger partial charge in [-0.25, -0.2) is 4.79 Å². The molecular formula is C23H27NO5. The molecule has 0 aromatic heterocycles. The molecule has 1 saturated heterocycles. The van der Waals surface area contributed by atoms with Gasteiger partial charge in [-0.05, 0) is 50.5 Å². The van der Waals surface area contributed by atoms with Crippen LogP contribution in [0.2, 0.25) is 0 Å². The lowest BCUT2D eigenvalue weighted by Gasteiger charge is -2.33. The molecule has 29 heavy (non-hydrogen) atoms. The topological polar surface area (TPSA) is 65.1 Å². The van der Waals surface area contributed by atoms with Gasteiger partial charge in [-0.2, -0.15) is 0 Å². The SMILES string of the molecule is CC1CCCCN1C(=O)COC(=O)c1ccccc1OCCOc1ccccc1. The molecule has 6 heteroatoms. The molecule has 3 rings (SSSR count). The first-order valence-electron chi connectivity index (χ1n) is 10.0. The third kappa shape index (κ3) is 5.98. The highest BCUT2D eigenvalue weighted by molar-refractivity contribution is 5.94. The van der Waals surface area contributed by atoms with E-state index in [9.17, 15) is 9.59 Å². The molecule has 2 aromatic rings. The Kier molecular flexibility index (Phi) is 7.50. The lowest BCUT2D eigenvalue weighted by molar-refractivity contribution is -0.137. The van der Waals surface area contributed by atoms with Gasteiger partial charge >= 0.3 is 5.97 Å². The predicted molar refractivity (Wildman–Crippen MR) is 109 cm³/mol. The summed E-state index contributed by atoms with van der Waals surface area (Å²) >= 11 is 0. The average molecular weight is 397 g/mol. The average Bonchev–Trinajstić information content (AvgIpc) is 2.76. The minimum absolute atomic E-state index is 0.153. The number of para-hydroxylation sites is 2. The maximum atomic E-state index is 12.5. The normalized spacial score (nSPS) is 16.2. The summed E-state index contributed by atoms with van der Waals surface area (Å²) in [5, 5.41) is 0. The zero-order valence-corrected chi connectivity index (χ0v) is 16.7. The minimum atomic E-state index is -0.567. The molecule has 0 bridgehead atoms. The maximum Gasteiger partial charge on any atom is 0.342 e. The molecule has 6 nitrogen and oxygen atoms in total. The maximum absolute atomic E-state index is 12.5. The Hall–Kier alpha value is -3.02. The van der Waals surface area contributed by atoms with Gasteiger partial charge in [0, 0.05) is 12.6 Å². The van der Waals surface area contributed by atoms with Crippen LogP contribution in [0.1, 0.15) is 36.5 Å². The molecule has 2 aromatic carbocycles. The highest BCUT2D eigenvalue weighted by Crippen LogP contribution is 2.20. The monoisotopic (exact) mass is 397 g/mol. The first-order valence-corrected chi connectivity index (χ1v) is 10.0. The molecular weight excluding hydrogens is 370 g/mol. The third-order valence-corrected chi connectivity index (χ3v) is 4.91. The molecule has 0 spiro atoms. The van der Waals surface area contributed by atoms with Crippen molar-refractivity contribution in [3.8, 4) is 11.5 Å². The summed E-state index contributed by atoms with van der Waals surface area (Å²) in [4.78, 5) is 26.7. The Morgan fingerprint density at radius 1 is 0.966 bits per heavy atom. The molecule has 1 heterocycles. The second-order valence-corrected chi connectivity index (χ2v) is 7.01. The molecule has 1 aliphatic rings. The van der Waals surface area contributed by atoms with Crippen LogP contribution in [-0.2, 0) is 9.53 Å². The number of carbonyl (C=O) groups excluding carboxylic acids is 2. The fourth-order valence-corrected chi connectivity index (χ4v) is 3.35. The number of likely N-dealkylation sites (tertiary alicyclic amines) is 1. The van der Waals surface area contributed by atoms with E-state index in [0.29, 0.717) is 17.9 Å². The van der Waals surface area contributed by atoms with Crippen molar-refractivity contribution >= 4 is 11.9 Å². The van der Waals surface area contributed by atoms with Gasteiger partial charge in [0.2, 0.25) is 0 Å². The number of hydrogen-bond donors (Lipinski definition) is 0.